The summed E-state index contributed by atoms with van der Waals surface area (Å²) in [5, 5.41) is 6.96. The van der Waals surface area contributed by atoms with Crippen LogP contribution in [0.3, 0.4) is 0 Å². The third kappa shape index (κ3) is 4.21. The topological polar surface area (TPSA) is 45.1 Å². The molecule has 6 heteroatoms. The summed E-state index contributed by atoms with van der Waals surface area (Å²) < 4.78 is 5.50. The van der Waals surface area contributed by atoms with Crippen LogP contribution in [-0.2, 0) is 4.79 Å². The molecule has 28 heavy (non-hydrogen) atoms. The third-order valence-electron chi connectivity index (χ3n) is 5.10. The van der Waals surface area contributed by atoms with E-state index in [1.54, 1.807) is 12.1 Å². The molecule has 0 radical (unpaired) electrons. The maximum atomic E-state index is 13.1. The smallest absolute Gasteiger partial charge is 0.257 e. The first-order chi connectivity index (χ1) is 13.6. The van der Waals surface area contributed by atoms with Gasteiger partial charge in [-0.25, -0.2) is 5.01 Å². The number of ether oxygens (including phenoxy) is 1. The van der Waals surface area contributed by atoms with Gasteiger partial charge in [-0.15, -0.1) is 0 Å². The highest BCUT2D eigenvalue weighted by atomic mass is 35.5. The van der Waals surface area contributed by atoms with Crippen LogP contribution in [0.4, 0.5) is 0 Å². The summed E-state index contributed by atoms with van der Waals surface area (Å²) in [7, 11) is 1.64. The van der Waals surface area contributed by atoms with E-state index in [-0.39, 0.29) is 11.9 Å². The number of likely N-dealkylation sites (N-methyl/N-ethyl adjacent to an activating group) is 1. The predicted molar refractivity (Wildman–Crippen MR) is 113 cm³/mol. The molecule has 0 fully saturated rings. The normalized spacial score (nSPS) is 16.4. The van der Waals surface area contributed by atoms with E-state index in [4.69, 9.17) is 21.4 Å². The van der Waals surface area contributed by atoms with Crippen LogP contribution in [0.2, 0.25) is 5.02 Å². The van der Waals surface area contributed by atoms with Crippen LogP contribution in [0.1, 0.15) is 37.4 Å². The van der Waals surface area contributed by atoms with Gasteiger partial charge in [0, 0.05) is 17.0 Å². The molecule has 1 aliphatic rings. The van der Waals surface area contributed by atoms with Gasteiger partial charge in [-0.1, -0.05) is 55.8 Å². The fraction of sp³-hybridized carbons (Fsp3) is 0.364. The average molecular weight is 400 g/mol. The standard InChI is InChI=1S/C22H26ClN3O2/c1-4-25(5-2)15-22(27)26-20(16-10-6-8-12-18(16)23)14-19(24-26)17-11-7-9-13-21(17)28-3/h6-13,20H,4-5,14-15H2,1-3H3/t20-/m1/s1. The quantitative estimate of drug-likeness (QED) is 0.694. The molecule has 0 aromatic heterocycles. The second kappa shape index (κ2) is 9.22. The van der Waals surface area contributed by atoms with Gasteiger partial charge in [-0.3, -0.25) is 9.69 Å². The van der Waals surface area contributed by atoms with Crippen molar-refractivity contribution < 1.29 is 9.53 Å². The summed E-state index contributed by atoms with van der Waals surface area (Å²) in [5.74, 6) is 0.718. The van der Waals surface area contributed by atoms with Gasteiger partial charge in [-0.05, 0) is 36.9 Å². The number of halogens is 1. The fourth-order valence-electron chi connectivity index (χ4n) is 3.48. The Hall–Kier alpha value is -2.37. The van der Waals surface area contributed by atoms with Crippen molar-refractivity contribution in [2.24, 2.45) is 5.10 Å². The lowest BCUT2D eigenvalue weighted by atomic mass is 9.98. The molecule has 3 rings (SSSR count). The molecule has 1 heterocycles. The number of hydrazone groups is 1. The van der Waals surface area contributed by atoms with Crippen LogP contribution in [0.15, 0.2) is 53.6 Å². The number of nitrogens with zero attached hydrogens (tertiary/aromatic N) is 3. The lowest BCUT2D eigenvalue weighted by Gasteiger charge is -2.26. The van der Waals surface area contributed by atoms with E-state index in [0.717, 1.165) is 35.7 Å². The van der Waals surface area contributed by atoms with Gasteiger partial charge in [0.05, 0.1) is 25.4 Å². The number of carbonyl (C=O) groups is 1. The van der Waals surface area contributed by atoms with Gasteiger partial charge < -0.3 is 4.74 Å². The number of amides is 1. The molecule has 0 saturated heterocycles. The zero-order valence-corrected chi connectivity index (χ0v) is 17.3. The Bertz CT molecular complexity index is 864. The largest absolute Gasteiger partial charge is 0.496 e. The molecule has 5 nitrogen and oxygen atoms in total. The van der Waals surface area contributed by atoms with Crippen LogP contribution in [-0.4, -0.2) is 48.3 Å². The van der Waals surface area contributed by atoms with Crippen LogP contribution in [0.5, 0.6) is 5.75 Å². The number of benzene rings is 2. The van der Waals surface area contributed by atoms with Crippen LogP contribution >= 0.6 is 11.6 Å². The van der Waals surface area contributed by atoms with Gasteiger partial charge >= 0.3 is 0 Å². The highest BCUT2D eigenvalue weighted by molar-refractivity contribution is 6.31. The summed E-state index contributed by atoms with van der Waals surface area (Å²) in [6, 6.07) is 15.2. The highest BCUT2D eigenvalue weighted by Gasteiger charge is 2.35. The van der Waals surface area contributed by atoms with Gasteiger partial charge in [0.15, 0.2) is 0 Å². The van der Waals surface area contributed by atoms with E-state index in [0.29, 0.717) is 18.0 Å². The Balaban J connectivity index is 1.98. The monoisotopic (exact) mass is 399 g/mol. The van der Waals surface area contributed by atoms with Gasteiger partial charge in [0.1, 0.15) is 5.75 Å². The van der Waals surface area contributed by atoms with Crippen molar-refractivity contribution in [1.82, 2.24) is 9.91 Å². The number of hydrogen-bond donors (Lipinski definition) is 0. The minimum Gasteiger partial charge on any atom is -0.496 e. The van der Waals surface area contributed by atoms with E-state index >= 15 is 0 Å². The molecule has 0 saturated carbocycles. The third-order valence-corrected chi connectivity index (χ3v) is 5.45. The van der Waals surface area contributed by atoms with Crippen molar-refractivity contribution in [3.63, 3.8) is 0 Å². The first kappa shape index (κ1) is 20.4. The Labute approximate surface area is 171 Å². The summed E-state index contributed by atoms with van der Waals surface area (Å²) in [5.41, 5.74) is 2.64. The summed E-state index contributed by atoms with van der Waals surface area (Å²) in [6.07, 6.45) is 0.591. The Morgan fingerprint density at radius 1 is 1.18 bits per heavy atom. The predicted octanol–water partition coefficient (Wildman–Crippen LogP) is 4.37. The molecule has 0 N–H and O–H groups in total. The number of rotatable bonds is 7. The van der Waals surface area contributed by atoms with Crippen molar-refractivity contribution >= 4 is 23.2 Å². The van der Waals surface area contributed by atoms with E-state index in [9.17, 15) is 4.79 Å². The molecule has 2 aromatic rings. The minimum absolute atomic E-state index is 0.0292. The summed E-state index contributed by atoms with van der Waals surface area (Å²) in [4.78, 5) is 15.2. The molecule has 1 amide bonds. The summed E-state index contributed by atoms with van der Waals surface area (Å²) in [6.45, 7) is 6.06. The van der Waals surface area contributed by atoms with Crippen molar-refractivity contribution in [2.45, 2.75) is 26.3 Å². The fourth-order valence-corrected chi connectivity index (χ4v) is 3.75. The van der Waals surface area contributed by atoms with Crippen molar-refractivity contribution in [2.75, 3.05) is 26.7 Å². The first-order valence-electron chi connectivity index (χ1n) is 9.58. The molecule has 148 valence electrons. The maximum absolute atomic E-state index is 13.1. The molecular formula is C22H26ClN3O2. The number of carbonyl (C=O) groups excluding carboxylic acids is 1. The van der Waals surface area contributed by atoms with Crippen molar-refractivity contribution in [1.29, 1.82) is 0 Å². The zero-order chi connectivity index (χ0) is 20.1. The van der Waals surface area contributed by atoms with Crippen LogP contribution in [0, 0.1) is 0 Å². The van der Waals surface area contributed by atoms with E-state index in [2.05, 4.69) is 18.7 Å². The first-order valence-corrected chi connectivity index (χ1v) is 9.96. The molecular weight excluding hydrogens is 374 g/mol. The number of hydrogen-bond acceptors (Lipinski definition) is 4. The number of para-hydroxylation sites is 1. The van der Waals surface area contributed by atoms with Crippen molar-refractivity contribution in [3.05, 3.63) is 64.7 Å². The molecule has 1 aliphatic heterocycles. The summed E-state index contributed by atoms with van der Waals surface area (Å²) >= 11 is 6.46. The van der Waals surface area contributed by atoms with Gasteiger partial charge in [0.2, 0.25) is 0 Å². The second-order valence-corrected chi connectivity index (χ2v) is 7.10. The lowest BCUT2D eigenvalue weighted by Crippen LogP contribution is -2.38. The second-order valence-electron chi connectivity index (χ2n) is 6.69. The van der Waals surface area contributed by atoms with Gasteiger partial charge in [-0.2, -0.15) is 5.10 Å². The molecule has 0 aliphatic carbocycles. The Morgan fingerprint density at radius 3 is 2.54 bits per heavy atom. The molecule has 2 aromatic carbocycles. The number of methoxy groups -OCH3 is 1. The average Bonchev–Trinajstić information content (AvgIpc) is 3.17. The van der Waals surface area contributed by atoms with E-state index in [1.807, 2.05) is 48.5 Å². The Morgan fingerprint density at radius 2 is 1.86 bits per heavy atom. The zero-order valence-electron chi connectivity index (χ0n) is 16.6. The highest BCUT2D eigenvalue weighted by Crippen LogP contribution is 2.37. The lowest BCUT2D eigenvalue weighted by molar-refractivity contribution is -0.134. The molecule has 0 unspecified atom stereocenters. The van der Waals surface area contributed by atoms with E-state index < -0.39 is 0 Å². The van der Waals surface area contributed by atoms with Gasteiger partial charge in [0.25, 0.3) is 5.91 Å². The molecule has 0 spiro atoms. The maximum Gasteiger partial charge on any atom is 0.257 e. The molecule has 0 bridgehead atoms. The SMILES string of the molecule is CCN(CC)CC(=O)N1N=C(c2ccccc2OC)C[C@@H]1c1ccccc1Cl. The van der Waals surface area contributed by atoms with Crippen molar-refractivity contribution in [3.8, 4) is 5.75 Å². The van der Waals surface area contributed by atoms with Crippen LogP contribution < -0.4 is 4.74 Å². The minimum atomic E-state index is -0.225. The van der Waals surface area contributed by atoms with Crippen LogP contribution in [0.25, 0.3) is 0 Å². The molecule has 1 atom stereocenters. The van der Waals surface area contributed by atoms with E-state index in [1.165, 1.54) is 0 Å². The Kier molecular flexibility index (Phi) is 6.70.